The van der Waals surface area contributed by atoms with Crippen LogP contribution < -0.4 is 10.1 Å². The molecule has 0 aliphatic rings. The molecule has 182 valence electrons. The van der Waals surface area contributed by atoms with Gasteiger partial charge in [0.25, 0.3) is 0 Å². The number of ether oxygens (including phenoxy) is 1. The Labute approximate surface area is 203 Å². The minimum absolute atomic E-state index is 0.122. The summed E-state index contributed by atoms with van der Waals surface area (Å²) in [5.74, 6) is -0.248. The summed E-state index contributed by atoms with van der Waals surface area (Å²) < 4.78 is 35.6. The molecule has 4 rings (SSSR count). The predicted molar refractivity (Wildman–Crippen MR) is 133 cm³/mol. The van der Waals surface area contributed by atoms with Gasteiger partial charge < -0.3 is 10.1 Å². The van der Waals surface area contributed by atoms with Crippen molar-refractivity contribution in [2.45, 2.75) is 46.8 Å². The standard InChI is InChI=1S/C28H29F2N3O2/c1-17-6-7-21(30)15-24(17)26(18(2)32-27(34)28(3,4)5)35-23-12-13-25-19(14-23)16-31-33(25)22-10-8-20(29)9-11-22/h6-16,18,26H,1-5H3,(H,32,34)/t18-,26+/m0/s1. The van der Waals surface area contributed by atoms with E-state index in [1.54, 1.807) is 29.1 Å². The van der Waals surface area contributed by atoms with Crippen molar-refractivity contribution >= 4 is 16.8 Å². The molecule has 0 aliphatic carbocycles. The van der Waals surface area contributed by atoms with E-state index in [1.807, 2.05) is 52.8 Å². The lowest BCUT2D eigenvalue weighted by Crippen LogP contribution is -2.44. The summed E-state index contributed by atoms with van der Waals surface area (Å²) in [6, 6.07) is 15.8. The highest BCUT2D eigenvalue weighted by molar-refractivity contribution is 5.82. The quantitative estimate of drug-likeness (QED) is 0.355. The monoisotopic (exact) mass is 477 g/mol. The fourth-order valence-corrected chi connectivity index (χ4v) is 3.87. The number of halogens is 2. The van der Waals surface area contributed by atoms with Crippen molar-refractivity contribution in [3.8, 4) is 11.4 Å². The highest BCUT2D eigenvalue weighted by atomic mass is 19.1. The predicted octanol–water partition coefficient (Wildman–Crippen LogP) is 6.28. The number of fused-ring (bicyclic) bond motifs is 1. The van der Waals surface area contributed by atoms with Crippen LogP contribution >= 0.6 is 0 Å². The number of nitrogens with one attached hydrogen (secondary N) is 1. The van der Waals surface area contributed by atoms with Gasteiger partial charge in [0.05, 0.1) is 23.4 Å². The van der Waals surface area contributed by atoms with Crippen LogP contribution in [-0.4, -0.2) is 21.7 Å². The largest absolute Gasteiger partial charge is 0.484 e. The summed E-state index contributed by atoms with van der Waals surface area (Å²) in [5.41, 5.74) is 2.51. The van der Waals surface area contributed by atoms with Crippen molar-refractivity contribution in [2.24, 2.45) is 5.41 Å². The molecular formula is C28H29F2N3O2. The lowest BCUT2D eigenvalue weighted by Gasteiger charge is -2.30. The van der Waals surface area contributed by atoms with Crippen LogP contribution in [0.2, 0.25) is 0 Å². The smallest absolute Gasteiger partial charge is 0.225 e. The number of nitrogens with zero attached hydrogens (tertiary/aromatic N) is 2. The van der Waals surface area contributed by atoms with E-state index >= 15 is 0 Å². The maximum absolute atomic E-state index is 14.2. The Hall–Kier alpha value is -3.74. The lowest BCUT2D eigenvalue weighted by molar-refractivity contribution is -0.129. The van der Waals surface area contributed by atoms with Crippen LogP contribution in [0.1, 0.15) is 44.9 Å². The zero-order valence-corrected chi connectivity index (χ0v) is 20.5. The van der Waals surface area contributed by atoms with Gasteiger partial charge in [0.15, 0.2) is 0 Å². The minimum atomic E-state index is -0.624. The molecule has 35 heavy (non-hydrogen) atoms. The fraction of sp³-hybridized carbons (Fsp3) is 0.286. The first-order chi connectivity index (χ1) is 16.5. The summed E-state index contributed by atoms with van der Waals surface area (Å²) in [4.78, 5) is 12.7. The van der Waals surface area contributed by atoms with Crippen molar-refractivity contribution in [3.63, 3.8) is 0 Å². The first-order valence-electron chi connectivity index (χ1n) is 11.5. The summed E-state index contributed by atoms with van der Waals surface area (Å²) in [7, 11) is 0. The maximum Gasteiger partial charge on any atom is 0.225 e. The second-order valence-corrected chi connectivity index (χ2v) is 9.80. The highest BCUT2D eigenvalue weighted by Crippen LogP contribution is 2.31. The van der Waals surface area contributed by atoms with Crippen molar-refractivity contribution in [2.75, 3.05) is 0 Å². The number of amides is 1. The molecule has 4 aromatic rings. The minimum Gasteiger partial charge on any atom is -0.484 e. The Kier molecular flexibility index (Phi) is 6.61. The van der Waals surface area contributed by atoms with E-state index in [2.05, 4.69) is 10.4 Å². The number of rotatable bonds is 6. The average molecular weight is 478 g/mol. The molecule has 1 amide bonds. The van der Waals surface area contributed by atoms with Gasteiger partial charge in [-0.05, 0) is 74.0 Å². The van der Waals surface area contributed by atoms with Crippen LogP contribution in [0.4, 0.5) is 8.78 Å². The average Bonchev–Trinajstić information content (AvgIpc) is 3.22. The molecule has 1 aromatic heterocycles. The molecule has 0 fully saturated rings. The van der Waals surface area contributed by atoms with Crippen LogP contribution in [-0.2, 0) is 4.79 Å². The Morgan fingerprint density at radius 2 is 1.69 bits per heavy atom. The molecule has 0 saturated heterocycles. The van der Waals surface area contributed by atoms with Crippen LogP contribution in [0, 0.1) is 24.0 Å². The van der Waals surface area contributed by atoms with Gasteiger partial charge in [0.2, 0.25) is 5.91 Å². The van der Waals surface area contributed by atoms with E-state index in [-0.39, 0.29) is 17.5 Å². The second-order valence-electron chi connectivity index (χ2n) is 9.80. The van der Waals surface area contributed by atoms with Gasteiger partial charge in [0.1, 0.15) is 23.5 Å². The number of hydrogen-bond donors (Lipinski definition) is 1. The first kappa shape index (κ1) is 24.4. The lowest BCUT2D eigenvalue weighted by atomic mass is 9.93. The van der Waals surface area contributed by atoms with Gasteiger partial charge in [-0.3, -0.25) is 4.79 Å². The number of hydrogen-bond acceptors (Lipinski definition) is 3. The van der Waals surface area contributed by atoms with E-state index in [4.69, 9.17) is 4.74 Å². The van der Waals surface area contributed by atoms with E-state index < -0.39 is 17.6 Å². The Bertz CT molecular complexity index is 1360. The number of benzene rings is 3. The third kappa shape index (κ3) is 5.34. The van der Waals surface area contributed by atoms with Gasteiger partial charge in [-0.15, -0.1) is 0 Å². The van der Waals surface area contributed by atoms with Gasteiger partial charge in [-0.2, -0.15) is 5.10 Å². The Morgan fingerprint density at radius 3 is 2.37 bits per heavy atom. The molecule has 3 aromatic carbocycles. The Balaban J connectivity index is 1.68. The number of carbonyl (C=O) groups is 1. The molecule has 5 nitrogen and oxygen atoms in total. The van der Waals surface area contributed by atoms with E-state index in [1.165, 1.54) is 24.3 Å². The molecule has 1 N–H and O–H groups in total. The molecule has 0 spiro atoms. The normalized spacial score (nSPS) is 13.5. The fourth-order valence-electron chi connectivity index (χ4n) is 3.87. The SMILES string of the molecule is Cc1ccc(F)cc1[C@H](Oc1ccc2c(cnn2-c2ccc(F)cc2)c1)[C@H](C)NC(=O)C(C)(C)C. The van der Waals surface area contributed by atoms with Crippen LogP contribution in [0.15, 0.2) is 66.9 Å². The van der Waals surface area contributed by atoms with Crippen LogP contribution in [0.25, 0.3) is 16.6 Å². The Morgan fingerprint density at radius 1 is 1.00 bits per heavy atom. The summed E-state index contributed by atoms with van der Waals surface area (Å²) in [6.07, 6.45) is 1.08. The van der Waals surface area contributed by atoms with Gasteiger partial charge in [-0.1, -0.05) is 26.8 Å². The molecule has 2 atom stereocenters. The summed E-state index contributed by atoms with van der Waals surface area (Å²) in [5, 5.41) is 8.28. The number of aryl methyl sites for hydroxylation is 1. The van der Waals surface area contributed by atoms with Crippen molar-refractivity contribution in [3.05, 3.63) is 89.6 Å². The summed E-state index contributed by atoms with van der Waals surface area (Å²) >= 11 is 0. The third-order valence-corrected chi connectivity index (χ3v) is 5.92. The van der Waals surface area contributed by atoms with Gasteiger partial charge >= 0.3 is 0 Å². The van der Waals surface area contributed by atoms with Crippen molar-refractivity contribution in [1.82, 2.24) is 15.1 Å². The maximum atomic E-state index is 14.2. The van der Waals surface area contributed by atoms with Crippen molar-refractivity contribution < 1.29 is 18.3 Å². The van der Waals surface area contributed by atoms with Crippen LogP contribution in [0.5, 0.6) is 5.75 Å². The highest BCUT2D eigenvalue weighted by Gasteiger charge is 2.29. The number of carbonyl (C=O) groups excluding carboxylic acids is 1. The van der Waals surface area contributed by atoms with Gasteiger partial charge in [-0.25, -0.2) is 13.5 Å². The van der Waals surface area contributed by atoms with E-state index in [0.717, 1.165) is 22.2 Å². The molecule has 0 unspecified atom stereocenters. The van der Waals surface area contributed by atoms with E-state index in [9.17, 15) is 13.6 Å². The molecule has 0 radical (unpaired) electrons. The second kappa shape index (κ2) is 9.49. The van der Waals surface area contributed by atoms with Gasteiger partial charge in [0, 0.05) is 16.4 Å². The molecule has 7 heteroatoms. The zero-order valence-electron chi connectivity index (χ0n) is 20.5. The van der Waals surface area contributed by atoms with Crippen LogP contribution in [0.3, 0.4) is 0 Å². The first-order valence-corrected chi connectivity index (χ1v) is 11.5. The molecule has 0 saturated carbocycles. The summed E-state index contributed by atoms with van der Waals surface area (Å²) in [6.45, 7) is 9.25. The molecule has 1 heterocycles. The third-order valence-electron chi connectivity index (χ3n) is 5.92. The zero-order chi connectivity index (χ0) is 25.3. The van der Waals surface area contributed by atoms with E-state index in [0.29, 0.717) is 11.3 Å². The molecule has 0 bridgehead atoms. The topological polar surface area (TPSA) is 56.1 Å². The van der Waals surface area contributed by atoms with Crippen molar-refractivity contribution in [1.29, 1.82) is 0 Å². The molecule has 0 aliphatic heterocycles. The molecular weight excluding hydrogens is 448 g/mol. The number of aromatic nitrogens is 2.